The van der Waals surface area contributed by atoms with Crippen LogP contribution >= 0.6 is 0 Å². The molecular weight excluding hydrogens is 374 g/mol. The maximum absolute atomic E-state index is 13.5. The lowest BCUT2D eigenvalue weighted by atomic mass is 9.87. The van der Waals surface area contributed by atoms with E-state index in [1.165, 1.54) is 11.1 Å². The number of carbonyl (C=O) groups is 1. The van der Waals surface area contributed by atoms with Crippen LogP contribution < -0.4 is 4.90 Å². The van der Waals surface area contributed by atoms with E-state index in [2.05, 4.69) is 57.1 Å². The Balaban J connectivity index is 1.49. The zero-order valence-electron chi connectivity index (χ0n) is 17.3. The van der Waals surface area contributed by atoms with Crippen LogP contribution in [0.25, 0.3) is 0 Å². The smallest absolute Gasteiger partial charge is 0.257 e. The van der Waals surface area contributed by atoms with E-state index >= 15 is 0 Å². The van der Waals surface area contributed by atoms with Gasteiger partial charge in [-0.25, -0.2) is 15.0 Å². The average molecular weight is 399 g/mol. The Labute approximate surface area is 176 Å². The van der Waals surface area contributed by atoms with Crippen LogP contribution in [0.1, 0.15) is 33.4 Å². The Kier molecular flexibility index (Phi) is 4.69. The number of anilines is 1. The molecule has 6 nitrogen and oxygen atoms in total. The summed E-state index contributed by atoms with van der Waals surface area (Å²) in [5.41, 5.74) is 3.01. The highest BCUT2D eigenvalue weighted by Crippen LogP contribution is 2.46. The number of aromatic nitrogens is 3. The highest BCUT2D eigenvalue weighted by atomic mass is 16.2. The molecule has 0 spiro atoms. The van der Waals surface area contributed by atoms with Crippen molar-refractivity contribution in [1.82, 2.24) is 19.9 Å². The fourth-order valence-corrected chi connectivity index (χ4v) is 4.97. The number of fused-ring (bicyclic) bond motifs is 1. The first-order valence-corrected chi connectivity index (χ1v) is 10.4. The third kappa shape index (κ3) is 3.22. The van der Waals surface area contributed by atoms with Crippen LogP contribution in [0.5, 0.6) is 0 Å². The Morgan fingerprint density at radius 1 is 0.933 bits per heavy atom. The van der Waals surface area contributed by atoms with Crippen LogP contribution in [-0.2, 0) is 0 Å². The number of hydrogen-bond acceptors (Lipinski definition) is 5. The molecule has 2 saturated heterocycles. The summed E-state index contributed by atoms with van der Waals surface area (Å²) in [4.78, 5) is 30.9. The van der Waals surface area contributed by atoms with Crippen LogP contribution in [0, 0.1) is 25.7 Å². The van der Waals surface area contributed by atoms with E-state index in [4.69, 9.17) is 0 Å². The maximum Gasteiger partial charge on any atom is 0.257 e. The van der Waals surface area contributed by atoms with Crippen molar-refractivity contribution >= 4 is 11.7 Å². The summed E-state index contributed by atoms with van der Waals surface area (Å²) in [6.07, 6.45) is 5.14. The number of carbonyl (C=O) groups excluding carboxylic acids is 1. The lowest BCUT2D eigenvalue weighted by Crippen LogP contribution is -2.36. The van der Waals surface area contributed by atoms with E-state index in [0.717, 1.165) is 25.5 Å². The molecule has 2 aliphatic rings. The molecule has 0 radical (unpaired) electrons. The summed E-state index contributed by atoms with van der Waals surface area (Å²) < 4.78 is 0. The number of likely N-dealkylation sites (tertiary alicyclic amines) is 1. The van der Waals surface area contributed by atoms with Crippen LogP contribution in [0.4, 0.5) is 5.82 Å². The number of pyridine rings is 1. The monoisotopic (exact) mass is 399 g/mol. The second kappa shape index (κ2) is 7.52. The Morgan fingerprint density at radius 2 is 1.70 bits per heavy atom. The number of rotatable bonds is 3. The molecule has 0 unspecified atom stereocenters. The molecule has 3 atom stereocenters. The number of hydrogen-bond donors (Lipinski definition) is 0. The van der Waals surface area contributed by atoms with Crippen molar-refractivity contribution in [2.75, 3.05) is 24.5 Å². The van der Waals surface area contributed by atoms with Crippen molar-refractivity contribution < 1.29 is 4.79 Å². The van der Waals surface area contributed by atoms with Gasteiger partial charge in [0, 0.05) is 50.1 Å². The minimum absolute atomic E-state index is 0.0158. The SMILES string of the molecule is Cc1ncc(C(=O)N2C[C@@H]3CN(c4ccccn4)C[C@@H]3[C@H]2c2ccccc2C)cn1. The van der Waals surface area contributed by atoms with Gasteiger partial charge in [0.25, 0.3) is 5.91 Å². The molecule has 0 saturated carbocycles. The highest BCUT2D eigenvalue weighted by molar-refractivity contribution is 5.94. The Bertz CT molecular complexity index is 1050. The van der Waals surface area contributed by atoms with Gasteiger partial charge in [-0.1, -0.05) is 30.3 Å². The molecular formula is C24H25N5O. The van der Waals surface area contributed by atoms with E-state index in [0.29, 0.717) is 23.2 Å². The molecule has 4 heterocycles. The largest absolute Gasteiger partial charge is 0.356 e. The number of nitrogens with zero attached hydrogens (tertiary/aromatic N) is 5. The van der Waals surface area contributed by atoms with E-state index in [-0.39, 0.29) is 11.9 Å². The predicted molar refractivity (Wildman–Crippen MR) is 115 cm³/mol. The van der Waals surface area contributed by atoms with Crippen molar-refractivity contribution in [2.24, 2.45) is 11.8 Å². The van der Waals surface area contributed by atoms with Gasteiger partial charge in [0.1, 0.15) is 11.6 Å². The number of benzene rings is 1. The standard InChI is InChI=1S/C24H25N5O/c1-16-7-3-4-8-20(16)23-21-15-28(22-9-5-6-10-25-22)13-19(21)14-29(23)24(30)18-11-26-17(2)27-12-18/h3-12,19,21,23H,13-15H2,1-2H3/t19-,21-,23+/m0/s1. The topological polar surface area (TPSA) is 62.2 Å². The van der Waals surface area contributed by atoms with E-state index in [1.54, 1.807) is 12.4 Å². The van der Waals surface area contributed by atoms with E-state index in [9.17, 15) is 4.79 Å². The zero-order valence-corrected chi connectivity index (χ0v) is 17.3. The van der Waals surface area contributed by atoms with Gasteiger partial charge in [0.2, 0.25) is 0 Å². The minimum atomic E-state index is 0.0158. The lowest BCUT2D eigenvalue weighted by Gasteiger charge is -2.31. The fourth-order valence-electron chi connectivity index (χ4n) is 4.97. The van der Waals surface area contributed by atoms with Gasteiger partial charge >= 0.3 is 0 Å². The van der Waals surface area contributed by atoms with Gasteiger partial charge < -0.3 is 9.80 Å². The summed E-state index contributed by atoms with van der Waals surface area (Å²) in [6, 6.07) is 14.5. The molecule has 2 aromatic heterocycles. The zero-order chi connectivity index (χ0) is 20.7. The molecule has 2 fully saturated rings. The summed E-state index contributed by atoms with van der Waals surface area (Å²) >= 11 is 0. The molecule has 2 aliphatic heterocycles. The van der Waals surface area contributed by atoms with E-state index in [1.807, 2.05) is 30.2 Å². The van der Waals surface area contributed by atoms with Gasteiger partial charge in [0.15, 0.2) is 0 Å². The molecule has 0 bridgehead atoms. The van der Waals surface area contributed by atoms with Crippen molar-refractivity contribution in [3.63, 3.8) is 0 Å². The highest BCUT2D eigenvalue weighted by Gasteiger charge is 2.49. The van der Waals surface area contributed by atoms with Crippen molar-refractivity contribution in [1.29, 1.82) is 0 Å². The molecule has 0 aliphatic carbocycles. The first-order chi connectivity index (χ1) is 14.6. The minimum Gasteiger partial charge on any atom is -0.356 e. The maximum atomic E-state index is 13.5. The molecule has 5 rings (SSSR count). The van der Waals surface area contributed by atoms with Gasteiger partial charge in [-0.3, -0.25) is 4.79 Å². The molecule has 152 valence electrons. The first kappa shape index (κ1) is 18.7. The second-order valence-electron chi connectivity index (χ2n) is 8.29. The Morgan fingerprint density at radius 3 is 2.43 bits per heavy atom. The predicted octanol–water partition coefficient (Wildman–Crippen LogP) is 3.44. The van der Waals surface area contributed by atoms with Gasteiger partial charge in [-0.2, -0.15) is 0 Å². The average Bonchev–Trinajstić information content (AvgIpc) is 3.33. The van der Waals surface area contributed by atoms with E-state index < -0.39 is 0 Å². The first-order valence-electron chi connectivity index (χ1n) is 10.4. The van der Waals surface area contributed by atoms with Crippen LogP contribution in [0.15, 0.2) is 61.1 Å². The number of aryl methyl sites for hydroxylation is 2. The Hall–Kier alpha value is -3.28. The van der Waals surface area contributed by atoms with Crippen molar-refractivity contribution in [3.8, 4) is 0 Å². The lowest BCUT2D eigenvalue weighted by molar-refractivity contribution is 0.0714. The van der Waals surface area contributed by atoms with Gasteiger partial charge in [-0.15, -0.1) is 0 Å². The molecule has 30 heavy (non-hydrogen) atoms. The molecule has 1 aromatic carbocycles. The summed E-state index contributed by atoms with van der Waals surface area (Å²) in [7, 11) is 0. The quantitative estimate of drug-likeness (QED) is 0.675. The van der Waals surface area contributed by atoms with Crippen LogP contribution in [-0.4, -0.2) is 45.4 Å². The molecule has 1 amide bonds. The fraction of sp³-hybridized carbons (Fsp3) is 0.333. The molecule has 6 heteroatoms. The van der Waals surface area contributed by atoms with Crippen molar-refractivity contribution in [3.05, 3.63) is 83.6 Å². The second-order valence-corrected chi connectivity index (χ2v) is 8.29. The molecule has 3 aromatic rings. The summed E-state index contributed by atoms with van der Waals surface area (Å²) in [5.74, 6) is 2.48. The van der Waals surface area contributed by atoms with Crippen molar-refractivity contribution in [2.45, 2.75) is 19.9 Å². The normalized spacial score (nSPS) is 22.9. The van der Waals surface area contributed by atoms with Crippen LogP contribution in [0.3, 0.4) is 0 Å². The number of amides is 1. The summed E-state index contributed by atoms with van der Waals surface area (Å²) in [5, 5.41) is 0. The molecule has 0 N–H and O–H groups in total. The third-order valence-electron chi connectivity index (χ3n) is 6.43. The van der Waals surface area contributed by atoms with Gasteiger partial charge in [0.05, 0.1) is 11.6 Å². The van der Waals surface area contributed by atoms with Crippen LogP contribution in [0.2, 0.25) is 0 Å². The van der Waals surface area contributed by atoms with Gasteiger partial charge in [-0.05, 0) is 37.1 Å². The summed E-state index contributed by atoms with van der Waals surface area (Å²) in [6.45, 7) is 6.51. The third-order valence-corrected chi connectivity index (χ3v) is 6.43.